The lowest BCUT2D eigenvalue weighted by Crippen LogP contribution is -2.29. The Bertz CT molecular complexity index is 377. The lowest BCUT2D eigenvalue weighted by molar-refractivity contribution is 0.0129. The first-order valence-corrected chi connectivity index (χ1v) is 6.96. The van der Waals surface area contributed by atoms with Crippen molar-refractivity contribution in [3.05, 3.63) is 24.3 Å². The van der Waals surface area contributed by atoms with E-state index in [0.29, 0.717) is 30.5 Å². The van der Waals surface area contributed by atoms with E-state index < -0.39 is 7.12 Å². The molecule has 1 aliphatic carbocycles. The zero-order valence-electron chi connectivity index (χ0n) is 11.1. The molecule has 104 valence electrons. The van der Waals surface area contributed by atoms with E-state index in [1.807, 2.05) is 0 Å². The molecule has 1 saturated carbocycles. The van der Waals surface area contributed by atoms with Crippen LogP contribution in [0.1, 0.15) is 32.1 Å². The van der Waals surface area contributed by atoms with E-state index in [-0.39, 0.29) is 0 Å². The van der Waals surface area contributed by atoms with Gasteiger partial charge in [-0.25, -0.2) is 0 Å². The maximum atomic E-state index is 9.07. The minimum atomic E-state index is -1.46. The molecule has 1 aromatic rings. The maximum Gasteiger partial charge on any atom is 0.488 e. The second-order valence-corrected chi connectivity index (χ2v) is 4.93. The highest BCUT2D eigenvalue weighted by atomic mass is 16.5. The Balaban J connectivity index is 1.68. The summed E-state index contributed by atoms with van der Waals surface area (Å²) in [6.07, 6.45) is 6.57. The van der Waals surface area contributed by atoms with Crippen molar-refractivity contribution in [2.75, 3.05) is 13.2 Å². The van der Waals surface area contributed by atoms with Gasteiger partial charge in [0.1, 0.15) is 12.4 Å². The summed E-state index contributed by atoms with van der Waals surface area (Å²) in [5.41, 5.74) is 0.436. The van der Waals surface area contributed by atoms with Crippen LogP contribution in [-0.2, 0) is 4.74 Å². The Morgan fingerprint density at radius 3 is 2.63 bits per heavy atom. The van der Waals surface area contributed by atoms with Crippen molar-refractivity contribution in [1.82, 2.24) is 0 Å². The third-order valence-electron chi connectivity index (χ3n) is 3.41. The second kappa shape index (κ2) is 7.53. The molecule has 0 aromatic heterocycles. The van der Waals surface area contributed by atoms with Crippen LogP contribution in [0.4, 0.5) is 0 Å². The van der Waals surface area contributed by atoms with Crippen LogP contribution in [0.2, 0.25) is 0 Å². The Hall–Kier alpha value is -1.04. The third-order valence-corrected chi connectivity index (χ3v) is 3.41. The number of rotatable bonds is 6. The number of hydrogen-bond donors (Lipinski definition) is 2. The topological polar surface area (TPSA) is 58.9 Å². The van der Waals surface area contributed by atoms with Crippen molar-refractivity contribution >= 4 is 12.6 Å². The lowest BCUT2D eigenvalue weighted by Gasteiger charge is -2.21. The fourth-order valence-corrected chi connectivity index (χ4v) is 2.37. The summed E-state index contributed by atoms with van der Waals surface area (Å²) in [7, 11) is -1.46. The van der Waals surface area contributed by atoms with E-state index in [4.69, 9.17) is 19.5 Å². The van der Waals surface area contributed by atoms with Crippen LogP contribution < -0.4 is 10.2 Å². The number of hydrogen-bond acceptors (Lipinski definition) is 4. The molecule has 5 heteroatoms. The van der Waals surface area contributed by atoms with Gasteiger partial charge in [-0.2, -0.15) is 0 Å². The fourth-order valence-electron chi connectivity index (χ4n) is 2.37. The smallest absolute Gasteiger partial charge is 0.488 e. The molecule has 0 amide bonds. The highest BCUT2D eigenvalue weighted by molar-refractivity contribution is 6.58. The van der Waals surface area contributed by atoms with Gasteiger partial charge in [-0.15, -0.1) is 0 Å². The minimum absolute atomic E-state index is 0.392. The van der Waals surface area contributed by atoms with Crippen LogP contribution in [0.15, 0.2) is 24.3 Å². The highest BCUT2D eigenvalue weighted by Gasteiger charge is 2.13. The van der Waals surface area contributed by atoms with Crippen LogP contribution in [-0.4, -0.2) is 36.5 Å². The summed E-state index contributed by atoms with van der Waals surface area (Å²) in [4.78, 5) is 0. The molecule has 1 aliphatic rings. The van der Waals surface area contributed by atoms with Gasteiger partial charge in [-0.1, -0.05) is 31.4 Å². The molecule has 2 rings (SSSR count). The van der Waals surface area contributed by atoms with Crippen molar-refractivity contribution in [3.8, 4) is 5.75 Å². The Morgan fingerprint density at radius 2 is 1.89 bits per heavy atom. The molecule has 0 unspecified atom stereocenters. The maximum absolute atomic E-state index is 9.07. The zero-order valence-corrected chi connectivity index (χ0v) is 11.1. The van der Waals surface area contributed by atoms with E-state index in [0.717, 1.165) is 12.8 Å². The molecule has 0 saturated heterocycles. The third kappa shape index (κ3) is 4.86. The van der Waals surface area contributed by atoms with Gasteiger partial charge in [0.25, 0.3) is 0 Å². The molecule has 0 bridgehead atoms. The van der Waals surface area contributed by atoms with Crippen LogP contribution in [0, 0.1) is 0 Å². The first-order chi connectivity index (χ1) is 9.25. The predicted molar refractivity (Wildman–Crippen MR) is 74.6 cm³/mol. The van der Waals surface area contributed by atoms with Crippen LogP contribution in [0.25, 0.3) is 0 Å². The van der Waals surface area contributed by atoms with E-state index in [2.05, 4.69) is 0 Å². The lowest BCUT2D eigenvalue weighted by atomic mass is 9.80. The minimum Gasteiger partial charge on any atom is -0.491 e. The summed E-state index contributed by atoms with van der Waals surface area (Å²) in [6, 6.07) is 6.82. The van der Waals surface area contributed by atoms with E-state index in [1.165, 1.54) is 19.3 Å². The van der Waals surface area contributed by atoms with E-state index in [1.54, 1.807) is 24.3 Å². The van der Waals surface area contributed by atoms with Crippen molar-refractivity contribution < 1.29 is 19.5 Å². The molecule has 1 fully saturated rings. The molecule has 0 atom stereocenters. The van der Waals surface area contributed by atoms with Gasteiger partial charge in [0.2, 0.25) is 0 Å². The molecular formula is C14H21BO4. The molecule has 0 radical (unpaired) electrons. The van der Waals surface area contributed by atoms with Crippen molar-refractivity contribution in [1.29, 1.82) is 0 Å². The summed E-state index contributed by atoms with van der Waals surface area (Å²) in [5, 5.41) is 18.1. The SMILES string of the molecule is OB(O)c1cccc(OCCOC2CCCCC2)c1. The van der Waals surface area contributed by atoms with E-state index in [9.17, 15) is 0 Å². The molecule has 0 heterocycles. The van der Waals surface area contributed by atoms with Gasteiger partial charge < -0.3 is 19.5 Å². The standard InChI is InChI=1S/C14H21BO4/c16-15(17)12-5-4-8-14(11-12)19-10-9-18-13-6-2-1-3-7-13/h4-5,8,11,13,16-17H,1-3,6-7,9-10H2. The summed E-state index contributed by atoms with van der Waals surface area (Å²) < 4.78 is 11.3. The van der Waals surface area contributed by atoms with Gasteiger partial charge in [-0.05, 0) is 30.4 Å². The molecular weight excluding hydrogens is 243 g/mol. The van der Waals surface area contributed by atoms with Gasteiger partial charge in [0.05, 0.1) is 12.7 Å². The van der Waals surface area contributed by atoms with Gasteiger partial charge >= 0.3 is 7.12 Å². The first-order valence-electron chi connectivity index (χ1n) is 6.96. The molecule has 0 spiro atoms. The van der Waals surface area contributed by atoms with Crippen molar-refractivity contribution in [2.24, 2.45) is 0 Å². The monoisotopic (exact) mass is 264 g/mol. The van der Waals surface area contributed by atoms with Gasteiger partial charge in [0, 0.05) is 0 Å². The summed E-state index contributed by atoms with van der Waals surface area (Å²) in [6.45, 7) is 1.07. The second-order valence-electron chi connectivity index (χ2n) is 4.93. The fraction of sp³-hybridized carbons (Fsp3) is 0.571. The van der Waals surface area contributed by atoms with Crippen molar-refractivity contribution in [2.45, 2.75) is 38.2 Å². The Labute approximate surface area is 114 Å². The van der Waals surface area contributed by atoms with Crippen LogP contribution >= 0.6 is 0 Å². The molecule has 1 aromatic carbocycles. The average Bonchev–Trinajstić information content (AvgIpc) is 2.45. The van der Waals surface area contributed by atoms with E-state index >= 15 is 0 Å². The van der Waals surface area contributed by atoms with Crippen LogP contribution in [0.3, 0.4) is 0 Å². The molecule has 0 aliphatic heterocycles. The van der Waals surface area contributed by atoms with Gasteiger partial charge in [-0.3, -0.25) is 0 Å². The molecule has 2 N–H and O–H groups in total. The van der Waals surface area contributed by atoms with Crippen LogP contribution in [0.5, 0.6) is 5.75 Å². The largest absolute Gasteiger partial charge is 0.491 e. The zero-order chi connectivity index (χ0) is 13.5. The normalized spacial score (nSPS) is 16.3. The highest BCUT2D eigenvalue weighted by Crippen LogP contribution is 2.20. The predicted octanol–water partition coefficient (Wildman–Crippen LogP) is 1.09. The Morgan fingerprint density at radius 1 is 1.11 bits per heavy atom. The molecule has 19 heavy (non-hydrogen) atoms. The Kier molecular flexibility index (Phi) is 5.70. The average molecular weight is 264 g/mol. The first kappa shape index (κ1) is 14.4. The summed E-state index contributed by atoms with van der Waals surface area (Å²) >= 11 is 0. The van der Waals surface area contributed by atoms with Gasteiger partial charge in [0.15, 0.2) is 0 Å². The summed E-state index contributed by atoms with van der Waals surface area (Å²) in [5.74, 6) is 0.637. The molecule has 4 nitrogen and oxygen atoms in total. The quantitative estimate of drug-likeness (QED) is 0.596. The number of benzene rings is 1. The number of ether oxygens (including phenoxy) is 2. The van der Waals surface area contributed by atoms with Crippen molar-refractivity contribution in [3.63, 3.8) is 0 Å².